The van der Waals surface area contributed by atoms with Gasteiger partial charge in [-0.25, -0.2) is 8.42 Å². The number of amides is 1. The molecular formula is C24H22N2O5S2. The second kappa shape index (κ2) is 10.5. The van der Waals surface area contributed by atoms with E-state index in [1.165, 1.54) is 6.07 Å². The average molecular weight is 483 g/mol. The predicted octanol–water partition coefficient (Wildman–Crippen LogP) is 4.79. The molecule has 0 aliphatic heterocycles. The molecule has 0 spiro atoms. The van der Waals surface area contributed by atoms with Gasteiger partial charge in [0.1, 0.15) is 16.6 Å². The van der Waals surface area contributed by atoms with Gasteiger partial charge in [-0.3, -0.25) is 9.52 Å². The van der Waals surface area contributed by atoms with E-state index in [1.54, 1.807) is 42.0 Å². The first-order valence-electron chi connectivity index (χ1n) is 10.1. The average Bonchev–Trinajstić information content (AvgIpc) is 3.53. The van der Waals surface area contributed by atoms with Crippen LogP contribution in [0.25, 0.3) is 0 Å². The van der Waals surface area contributed by atoms with Crippen molar-refractivity contribution in [1.29, 1.82) is 0 Å². The Kier molecular flexibility index (Phi) is 7.23. The van der Waals surface area contributed by atoms with E-state index in [4.69, 9.17) is 9.15 Å². The van der Waals surface area contributed by atoms with Crippen LogP contribution in [0.5, 0.6) is 0 Å². The molecule has 0 fully saturated rings. The summed E-state index contributed by atoms with van der Waals surface area (Å²) in [6.07, 6.45) is 1.61. The van der Waals surface area contributed by atoms with Gasteiger partial charge in [-0.15, -0.1) is 11.3 Å². The van der Waals surface area contributed by atoms with Gasteiger partial charge in [-0.1, -0.05) is 30.3 Å². The molecular weight excluding hydrogens is 460 g/mol. The molecule has 7 nitrogen and oxygen atoms in total. The van der Waals surface area contributed by atoms with E-state index < -0.39 is 10.0 Å². The molecule has 0 aliphatic rings. The van der Waals surface area contributed by atoms with Gasteiger partial charge in [0.25, 0.3) is 15.9 Å². The lowest BCUT2D eigenvalue weighted by atomic mass is 10.1. The molecule has 0 aliphatic carbocycles. The van der Waals surface area contributed by atoms with E-state index in [2.05, 4.69) is 10.0 Å². The monoisotopic (exact) mass is 482 g/mol. The van der Waals surface area contributed by atoms with Crippen molar-refractivity contribution >= 4 is 33.0 Å². The number of carbonyl (C=O) groups excluding carboxylic acids is 1. The molecule has 0 atom stereocenters. The standard InChI is InChI=1S/C24H22N2O5S2/c27-24(20-8-10-21(11-9-20)26-33(28,29)23-7-3-13-32-23)25-15-18-4-1-5-19(14-18)16-30-17-22-6-2-12-31-22/h1-14,26H,15-17H2,(H,25,27). The summed E-state index contributed by atoms with van der Waals surface area (Å²) in [7, 11) is -3.62. The number of sulfonamides is 1. The Balaban J connectivity index is 1.29. The molecule has 0 bridgehead atoms. The zero-order chi connectivity index (χ0) is 23.1. The van der Waals surface area contributed by atoms with Crippen LogP contribution in [0.2, 0.25) is 0 Å². The van der Waals surface area contributed by atoms with Crippen molar-refractivity contribution in [3.63, 3.8) is 0 Å². The Bertz CT molecular complexity index is 1280. The third kappa shape index (κ3) is 6.32. The Hall–Kier alpha value is -3.40. The minimum Gasteiger partial charge on any atom is -0.467 e. The molecule has 4 aromatic rings. The summed E-state index contributed by atoms with van der Waals surface area (Å²) in [6, 6.07) is 21.0. The van der Waals surface area contributed by atoms with Gasteiger partial charge in [0, 0.05) is 17.8 Å². The quantitative estimate of drug-likeness (QED) is 0.339. The van der Waals surface area contributed by atoms with E-state index in [0.29, 0.717) is 31.0 Å². The van der Waals surface area contributed by atoms with Gasteiger partial charge >= 0.3 is 0 Å². The second-order valence-electron chi connectivity index (χ2n) is 7.19. The van der Waals surface area contributed by atoms with E-state index in [9.17, 15) is 13.2 Å². The highest BCUT2D eigenvalue weighted by Crippen LogP contribution is 2.20. The molecule has 2 N–H and O–H groups in total. The summed E-state index contributed by atoms with van der Waals surface area (Å²) in [5, 5.41) is 4.58. The number of hydrogen-bond donors (Lipinski definition) is 2. The number of benzene rings is 2. The topological polar surface area (TPSA) is 97.6 Å². The lowest BCUT2D eigenvalue weighted by Crippen LogP contribution is -2.22. The molecule has 0 unspecified atom stereocenters. The van der Waals surface area contributed by atoms with Gasteiger partial charge in [0.15, 0.2) is 0 Å². The Morgan fingerprint density at radius 1 is 0.939 bits per heavy atom. The molecule has 170 valence electrons. The van der Waals surface area contributed by atoms with Crippen LogP contribution >= 0.6 is 11.3 Å². The van der Waals surface area contributed by atoms with Crippen LogP contribution in [0.1, 0.15) is 27.2 Å². The van der Waals surface area contributed by atoms with Gasteiger partial charge in [-0.05, 0) is 59.0 Å². The molecule has 2 aromatic carbocycles. The Labute approximate surface area is 196 Å². The Morgan fingerprint density at radius 2 is 1.76 bits per heavy atom. The van der Waals surface area contributed by atoms with Gasteiger partial charge < -0.3 is 14.5 Å². The first-order valence-corrected chi connectivity index (χ1v) is 12.5. The fraction of sp³-hybridized carbons (Fsp3) is 0.125. The van der Waals surface area contributed by atoms with E-state index >= 15 is 0 Å². The highest BCUT2D eigenvalue weighted by Gasteiger charge is 2.15. The van der Waals surface area contributed by atoms with E-state index in [1.807, 2.05) is 36.4 Å². The minimum atomic E-state index is -3.62. The number of hydrogen-bond acceptors (Lipinski definition) is 6. The molecule has 0 saturated carbocycles. The maximum Gasteiger partial charge on any atom is 0.271 e. The summed E-state index contributed by atoms with van der Waals surface area (Å²) in [5.41, 5.74) is 2.77. The molecule has 9 heteroatoms. The summed E-state index contributed by atoms with van der Waals surface area (Å²) >= 11 is 1.14. The number of anilines is 1. The predicted molar refractivity (Wildman–Crippen MR) is 126 cm³/mol. The highest BCUT2D eigenvalue weighted by molar-refractivity contribution is 7.94. The number of nitrogens with one attached hydrogen (secondary N) is 2. The maximum atomic E-state index is 12.5. The molecule has 0 saturated heterocycles. The van der Waals surface area contributed by atoms with Crippen LogP contribution in [0.15, 0.2) is 93.1 Å². The SMILES string of the molecule is O=C(NCc1cccc(COCc2ccco2)c1)c1ccc(NS(=O)(=O)c2cccs2)cc1. The fourth-order valence-corrected chi connectivity index (χ4v) is 5.14. The lowest BCUT2D eigenvalue weighted by molar-refractivity contribution is 0.0928. The first kappa shape index (κ1) is 22.8. The summed E-state index contributed by atoms with van der Waals surface area (Å²) in [5.74, 6) is 0.519. The molecule has 1 amide bonds. The minimum absolute atomic E-state index is 0.234. The van der Waals surface area contributed by atoms with Crippen molar-refractivity contribution in [2.45, 2.75) is 24.0 Å². The van der Waals surface area contributed by atoms with Crippen molar-refractivity contribution in [2.24, 2.45) is 0 Å². The van der Waals surface area contributed by atoms with Crippen LogP contribution < -0.4 is 10.0 Å². The van der Waals surface area contributed by atoms with Crippen molar-refractivity contribution in [2.75, 3.05) is 4.72 Å². The van der Waals surface area contributed by atoms with Crippen LogP contribution in [0.4, 0.5) is 5.69 Å². The van der Waals surface area contributed by atoms with Gasteiger partial charge in [-0.2, -0.15) is 0 Å². The number of thiophene rings is 1. The smallest absolute Gasteiger partial charge is 0.271 e. The number of ether oxygens (including phenoxy) is 1. The number of rotatable bonds is 10. The summed E-state index contributed by atoms with van der Waals surface area (Å²) < 4.78 is 38.2. The van der Waals surface area contributed by atoms with Crippen LogP contribution in [0, 0.1) is 0 Å². The third-order valence-corrected chi connectivity index (χ3v) is 7.48. The molecule has 4 rings (SSSR count). The molecule has 2 heterocycles. The van der Waals surface area contributed by atoms with Crippen LogP contribution in [-0.2, 0) is 34.5 Å². The maximum absolute atomic E-state index is 12.5. The van der Waals surface area contributed by atoms with E-state index in [0.717, 1.165) is 28.2 Å². The zero-order valence-electron chi connectivity index (χ0n) is 17.6. The summed E-state index contributed by atoms with van der Waals surface area (Å²) in [6.45, 7) is 1.19. The van der Waals surface area contributed by atoms with Crippen LogP contribution in [-0.4, -0.2) is 14.3 Å². The Morgan fingerprint density at radius 3 is 2.48 bits per heavy atom. The van der Waals surface area contributed by atoms with Crippen molar-refractivity contribution in [3.8, 4) is 0 Å². The van der Waals surface area contributed by atoms with Gasteiger partial charge in [0.2, 0.25) is 0 Å². The first-order chi connectivity index (χ1) is 16.0. The number of furan rings is 1. The van der Waals surface area contributed by atoms with Crippen molar-refractivity contribution in [1.82, 2.24) is 5.32 Å². The van der Waals surface area contributed by atoms with Crippen LogP contribution in [0.3, 0.4) is 0 Å². The molecule has 0 radical (unpaired) electrons. The third-order valence-electron chi connectivity index (χ3n) is 4.70. The largest absolute Gasteiger partial charge is 0.467 e. The highest BCUT2D eigenvalue weighted by atomic mass is 32.2. The van der Waals surface area contributed by atoms with Gasteiger partial charge in [0.05, 0.1) is 12.9 Å². The fourth-order valence-electron chi connectivity index (χ4n) is 3.09. The zero-order valence-corrected chi connectivity index (χ0v) is 19.2. The summed E-state index contributed by atoms with van der Waals surface area (Å²) in [4.78, 5) is 12.5. The second-order valence-corrected chi connectivity index (χ2v) is 10.0. The van der Waals surface area contributed by atoms with E-state index in [-0.39, 0.29) is 10.1 Å². The molecule has 2 aromatic heterocycles. The normalized spacial score (nSPS) is 11.3. The van der Waals surface area contributed by atoms with Crippen molar-refractivity contribution < 1.29 is 22.4 Å². The number of carbonyl (C=O) groups is 1. The lowest BCUT2D eigenvalue weighted by Gasteiger charge is -2.09. The van der Waals surface area contributed by atoms with Crippen molar-refractivity contribution in [3.05, 3.63) is 107 Å². The molecule has 33 heavy (non-hydrogen) atoms.